The van der Waals surface area contributed by atoms with E-state index < -0.39 is 0 Å². The van der Waals surface area contributed by atoms with Crippen LogP contribution in [0.2, 0.25) is 0 Å². The number of nitrogens with one attached hydrogen (secondary N) is 2. The molecule has 2 N–H and O–H groups in total. The van der Waals surface area contributed by atoms with Crippen LogP contribution in [-0.2, 0) is 4.79 Å². The van der Waals surface area contributed by atoms with Gasteiger partial charge in [-0.15, -0.1) is 0 Å². The van der Waals surface area contributed by atoms with Crippen molar-refractivity contribution in [2.75, 3.05) is 40.3 Å². The van der Waals surface area contributed by atoms with Crippen LogP contribution in [0, 0.1) is 5.41 Å². The van der Waals surface area contributed by atoms with Crippen LogP contribution in [0.15, 0.2) is 0 Å². The lowest BCUT2D eigenvalue weighted by Crippen LogP contribution is -2.50. The summed E-state index contributed by atoms with van der Waals surface area (Å²) in [4.78, 5) is 14.6. The average molecular weight is 269 g/mol. The highest BCUT2D eigenvalue weighted by Crippen LogP contribution is 2.31. The number of hydrogen-bond acceptors (Lipinski definition) is 3. The van der Waals surface area contributed by atoms with Gasteiger partial charge in [-0.3, -0.25) is 4.79 Å². The Hall–Kier alpha value is -0.610. The number of amides is 1. The van der Waals surface area contributed by atoms with Gasteiger partial charge in [0.1, 0.15) is 0 Å². The lowest BCUT2D eigenvalue weighted by Gasteiger charge is -2.36. The Balaban J connectivity index is 2.32. The third-order valence-electron chi connectivity index (χ3n) is 4.00. The van der Waals surface area contributed by atoms with Gasteiger partial charge in [0.15, 0.2) is 0 Å². The van der Waals surface area contributed by atoms with Crippen molar-refractivity contribution in [3.8, 4) is 0 Å². The molecule has 19 heavy (non-hydrogen) atoms. The summed E-state index contributed by atoms with van der Waals surface area (Å²) in [5.41, 5.74) is -0.144. The van der Waals surface area contributed by atoms with Crippen LogP contribution in [0.1, 0.15) is 45.4 Å². The zero-order chi connectivity index (χ0) is 14.1. The van der Waals surface area contributed by atoms with Crippen molar-refractivity contribution in [2.24, 2.45) is 5.41 Å². The van der Waals surface area contributed by atoms with Gasteiger partial charge in [-0.2, -0.15) is 0 Å². The van der Waals surface area contributed by atoms with Gasteiger partial charge in [-0.25, -0.2) is 0 Å². The van der Waals surface area contributed by atoms with E-state index in [0.717, 1.165) is 64.7 Å². The first-order valence-corrected chi connectivity index (χ1v) is 7.74. The fraction of sp³-hybridized carbons (Fsp3) is 0.933. The molecule has 1 aliphatic heterocycles. The summed E-state index contributed by atoms with van der Waals surface area (Å²) in [5, 5.41) is 6.54. The van der Waals surface area contributed by atoms with Crippen LogP contribution in [0.3, 0.4) is 0 Å². The summed E-state index contributed by atoms with van der Waals surface area (Å²) in [6.45, 7) is 5.99. The standard InChI is InChI=1S/C15H31N3O/c1-4-8-15(9-7-10-16-13-15)14(19)17-11-5-6-12-18(2)3/h16H,4-13H2,1-3H3,(H,17,19). The number of carbonyl (C=O) groups excluding carboxylic acids is 1. The van der Waals surface area contributed by atoms with Gasteiger partial charge in [0, 0.05) is 13.1 Å². The normalized spacial score (nSPS) is 23.6. The summed E-state index contributed by atoms with van der Waals surface area (Å²) < 4.78 is 0. The molecule has 1 atom stereocenters. The molecular weight excluding hydrogens is 238 g/mol. The molecule has 0 aromatic carbocycles. The molecule has 1 aliphatic rings. The Morgan fingerprint density at radius 3 is 2.74 bits per heavy atom. The van der Waals surface area contributed by atoms with Crippen molar-refractivity contribution in [1.82, 2.24) is 15.5 Å². The molecule has 0 radical (unpaired) electrons. The van der Waals surface area contributed by atoms with Gasteiger partial charge in [0.05, 0.1) is 5.41 Å². The summed E-state index contributed by atoms with van der Waals surface area (Å²) in [7, 11) is 4.17. The van der Waals surface area contributed by atoms with E-state index in [0.29, 0.717) is 0 Å². The topological polar surface area (TPSA) is 44.4 Å². The quantitative estimate of drug-likeness (QED) is 0.658. The van der Waals surface area contributed by atoms with E-state index in [9.17, 15) is 4.79 Å². The highest BCUT2D eigenvalue weighted by molar-refractivity contribution is 5.83. The maximum atomic E-state index is 12.4. The molecule has 1 heterocycles. The van der Waals surface area contributed by atoms with Crippen LogP contribution in [0.4, 0.5) is 0 Å². The van der Waals surface area contributed by atoms with Gasteiger partial charge in [-0.1, -0.05) is 13.3 Å². The Morgan fingerprint density at radius 1 is 1.37 bits per heavy atom. The molecule has 0 spiro atoms. The van der Waals surface area contributed by atoms with E-state index in [1.54, 1.807) is 0 Å². The van der Waals surface area contributed by atoms with Crippen molar-refractivity contribution in [2.45, 2.75) is 45.4 Å². The van der Waals surface area contributed by atoms with Crippen molar-refractivity contribution < 1.29 is 4.79 Å². The van der Waals surface area contributed by atoms with Crippen LogP contribution in [0.25, 0.3) is 0 Å². The highest BCUT2D eigenvalue weighted by atomic mass is 16.2. The number of piperidine rings is 1. The van der Waals surface area contributed by atoms with Gasteiger partial charge >= 0.3 is 0 Å². The minimum atomic E-state index is -0.144. The molecule has 0 bridgehead atoms. The molecule has 112 valence electrons. The zero-order valence-electron chi connectivity index (χ0n) is 12.9. The SMILES string of the molecule is CCCC1(C(=O)NCCCCN(C)C)CCCNC1. The third-order valence-corrected chi connectivity index (χ3v) is 4.00. The lowest BCUT2D eigenvalue weighted by atomic mass is 9.76. The number of rotatable bonds is 8. The first kappa shape index (κ1) is 16.4. The molecule has 1 amide bonds. The van der Waals surface area contributed by atoms with Crippen LogP contribution < -0.4 is 10.6 Å². The second kappa shape index (κ2) is 8.54. The molecule has 0 aromatic rings. The molecule has 1 rings (SSSR count). The Morgan fingerprint density at radius 2 is 2.16 bits per heavy atom. The van der Waals surface area contributed by atoms with Crippen molar-refractivity contribution >= 4 is 5.91 Å². The van der Waals surface area contributed by atoms with E-state index in [1.165, 1.54) is 0 Å². The molecule has 1 saturated heterocycles. The number of carbonyl (C=O) groups is 1. The van der Waals surface area contributed by atoms with Crippen molar-refractivity contribution in [1.29, 1.82) is 0 Å². The average Bonchev–Trinajstić information content (AvgIpc) is 2.39. The summed E-state index contributed by atoms with van der Waals surface area (Å²) in [5.74, 6) is 0.270. The summed E-state index contributed by atoms with van der Waals surface area (Å²) in [6.07, 6.45) is 6.45. The molecule has 0 aromatic heterocycles. The Bertz CT molecular complexity index is 255. The summed E-state index contributed by atoms with van der Waals surface area (Å²) >= 11 is 0. The Kier molecular flexibility index (Phi) is 7.39. The molecule has 4 heteroatoms. The number of nitrogens with zero attached hydrogens (tertiary/aromatic N) is 1. The van der Waals surface area contributed by atoms with E-state index in [4.69, 9.17) is 0 Å². The van der Waals surface area contributed by atoms with Crippen LogP contribution >= 0.6 is 0 Å². The van der Waals surface area contributed by atoms with Gasteiger partial charge in [0.2, 0.25) is 5.91 Å². The lowest BCUT2D eigenvalue weighted by molar-refractivity contribution is -0.132. The second-order valence-electron chi connectivity index (χ2n) is 6.08. The molecule has 1 fully saturated rings. The van der Waals surface area contributed by atoms with E-state index in [1.807, 2.05) is 0 Å². The molecule has 1 unspecified atom stereocenters. The largest absolute Gasteiger partial charge is 0.356 e. The fourth-order valence-electron chi connectivity index (χ4n) is 2.91. The van der Waals surface area contributed by atoms with E-state index in [2.05, 4.69) is 36.6 Å². The van der Waals surface area contributed by atoms with Gasteiger partial charge < -0.3 is 15.5 Å². The molecule has 0 aliphatic carbocycles. The Labute approximate surface area is 118 Å². The predicted molar refractivity (Wildman–Crippen MR) is 80.2 cm³/mol. The first-order valence-electron chi connectivity index (χ1n) is 7.74. The number of unbranched alkanes of at least 4 members (excludes halogenated alkanes) is 1. The minimum Gasteiger partial charge on any atom is -0.356 e. The first-order chi connectivity index (χ1) is 9.10. The predicted octanol–water partition coefficient (Wildman–Crippen LogP) is 1.61. The van der Waals surface area contributed by atoms with Crippen molar-refractivity contribution in [3.05, 3.63) is 0 Å². The maximum absolute atomic E-state index is 12.4. The monoisotopic (exact) mass is 269 g/mol. The molecule has 4 nitrogen and oxygen atoms in total. The van der Waals surface area contributed by atoms with E-state index >= 15 is 0 Å². The van der Waals surface area contributed by atoms with Gasteiger partial charge in [0.25, 0.3) is 0 Å². The maximum Gasteiger partial charge on any atom is 0.227 e. The van der Waals surface area contributed by atoms with Crippen LogP contribution in [0.5, 0.6) is 0 Å². The molecule has 0 saturated carbocycles. The van der Waals surface area contributed by atoms with Gasteiger partial charge in [-0.05, 0) is 59.3 Å². The highest BCUT2D eigenvalue weighted by Gasteiger charge is 2.38. The zero-order valence-corrected chi connectivity index (χ0v) is 12.9. The smallest absolute Gasteiger partial charge is 0.227 e. The minimum absolute atomic E-state index is 0.144. The molecular formula is C15H31N3O. The second-order valence-corrected chi connectivity index (χ2v) is 6.08. The summed E-state index contributed by atoms with van der Waals surface area (Å²) in [6, 6.07) is 0. The third kappa shape index (κ3) is 5.49. The van der Waals surface area contributed by atoms with Crippen LogP contribution in [-0.4, -0.2) is 51.1 Å². The van der Waals surface area contributed by atoms with E-state index in [-0.39, 0.29) is 11.3 Å². The van der Waals surface area contributed by atoms with Crippen molar-refractivity contribution in [3.63, 3.8) is 0 Å². The number of hydrogen-bond donors (Lipinski definition) is 2. The fourth-order valence-corrected chi connectivity index (χ4v) is 2.91.